The lowest BCUT2D eigenvalue weighted by Gasteiger charge is -2.13. The average molecular weight is 531 g/mol. The minimum Gasteiger partial charge on any atom is -0.464 e. The van der Waals surface area contributed by atoms with Crippen molar-refractivity contribution >= 4 is 34.3 Å². The molecule has 3 aromatic heterocycles. The molecule has 5 rings (SSSR count). The van der Waals surface area contributed by atoms with Gasteiger partial charge in [0.25, 0.3) is 5.91 Å². The molecule has 1 saturated heterocycles. The number of rotatable bonds is 10. The topological polar surface area (TPSA) is 112 Å². The Morgan fingerprint density at radius 1 is 1.23 bits per heavy atom. The second kappa shape index (κ2) is 11.7. The molecule has 0 aliphatic carbocycles. The Balaban J connectivity index is 1.50. The standard InChI is InChI=1S/C29H34N6O4/c1-19-21(18-34(2)33-19)16-30-22-15-23-25(32-28(36)24-12-8-14-39-24)26(29(37)38-3)35(27(23)31-17-22)13-7-11-20-9-5-4-6-10-20/h4-6,9-10,15,17-18,24,30H,7-8,11-14,16H2,1-3H3,(H,32,36). The molecule has 204 valence electrons. The number of aryl methyl sites for hydroxylation is 4. The SMILES string of the molecule is COC(=O)c1c(NC(=O)C2CCCO2)c2cc(NCc3cn(C)nc3C)cnc2n1CCCc1ccccc1. The van der Waals surface area contributed by atoms with Gasteiger partial charge in [0.05, 0.1) is 30.4 Å². The van der Waals surface area contributed by atoms with Gasteiger partial charge in [0.1, 0.15) is 11.8 Å². The molecule has 0 spiro atoms. The van der Waals surface area contributed by atoms with E-state index in [2.05, 4.69) is 27.9 Å². The highest BCUT2D eigenvalue weighted by Gasteiger charge is 2.30. The highest BCUT2D eigenvalue weighted by molar-refractivity contribution is 6.12. The summed E-state index contributed by atoms with van der Waals surface area (Å²) in [4.78, 5) is 31.0. The van der Waals surface area contributed by atoms with E-state index in [1.165, 1.54) is 12.7 Å². The molecule has 0 saturated carbocycles. The molecule has 10 nitrogen and oxygen atoms in total. The predicted octanol–water partition coefficient (Wildman–Crippen LogP) is 4.23. The fourth-order valence-electron chi connectivity index (χ4n) is 5.07. The van der Waals surface area contributed by atoms with Crippen LogP contribution in [0.2, 0.25) is 0 Å². The van der Waals surface area contributed by atoms with E-state index in [-0.39, 0.29) is 11.6 Å². The van der Waals surface area contributed by atoms with Crippen molar-refractivity contribution in [2.24, 2.45) is 7.05 Å². The zero-order chi connectivity index (χ0) is 27.4. The Morgan fingerprint density at radius 3 is 2.74 bits per heavy atom. The Bertz CT molecular complexity index is 1470. The van der Waals surface area contributed by atoms with Crippen molar-refractivity contribution in [1.82, 2.24) is 19.3 Å². The summed E-state index contributed by atoms with van der Waals surface area (Å²) in [6.45, 7) is 3.61. The minimum absolute atomic E-state index is 0.273. The van der Waals surface area contributed by atoms with E-state index in [0.717, 1.165) is 36.2 Å². The molecule has 4 heterocycles. The number of hydrogen-bond donors (Lipinski definition) is 2. The molecule has 4 aromatic rings. The van der Waals surface area contributed by atoms with Crippen molar-refractivity contribution in [3.8, 4) is 0 Å². The third kappa shape index (κ3) is 5.80. The van der Waals surface area contributed by atoms with Gasteiger partial charge in [0, 0.05) is 43.9 Å². The number of pyridine rings is 1. The third-order valence-corrected chi connectivity index (χ3v) is 7.04. The van der Waals surface area contributed by atoms with Crippen LogP contribution in [0.1, 0.15) is 46.6 Å². The summed E-state index contributed by atoms with van der Waals surface area (Å²) < 4.78 is 14.4. The monoisotopic (exact) mass is 530 g/mol. The fraction of sp³-hybridized carbons (Fsp3) is 0.379. The summed E-state index contributed by atoms with van der Waals surface area (Å²) in [5, 5.41) is 11.4. The molecular weight excluding hydrogens is 496 g/mol. The first-order valence-corrected chi connectivity index (χ1v) is 13.2. The van der Waals surface area contributed by atoms with Gasteiger partial charge < -0.3 is 24.7 Å². The predicted molar refractivity (Wildman–Crippen MR) is 149 cm³/mol. The largest absolute Gasteiger partial charge is 0.464 e. The number of aromatic nitrogens is 4. The van der Waals surface area contributed by atoms with Gasteiger partial charge in [0.15, 0.2) is 5.69 Å². The van der Waals surface area contributed by atoms with Crippen molar-refractivity contribution in [1.29, 1.82) is 0 Å². The van der Waals surface area contributed by atoms with Crippen LogP contribution in [0.15, 0.2) is 48.8 Å². The first-order chi connectivity index (χ1) is 18.9. The van der Waals surface area contributed by atoms with Crippen LogP contribution < -0.4 is 10.6 Å². The number of ether oxygens (including phenoxy) is 2. The molecule has 1 atom stereocenters. The highest BCUT2D eigenvalue weighted by Crippen LogP contribution is 2.34. The number of carbonyl (C=O) groups is 2. The maximum absolute atomic E-state index is 13.1. The number of amides is 1. The van der Waals surface area contributed by atoms with Crippen LogP contribution in [0.5, 0.6) is 0 Å². The van der Waals surface area contributed by atoms with Crippen LogP contribution in [0.4, 0.5) is 11.4 Å². The minimum atomic E-state index is -0.546. The first-order valence-electron chi connectivity index (χ1n) is 13.2. The van der Waals surface area contributed by atoms with Crippen molar-refractivity contribution in [3.63, 3.8) is 0 Å². The summed E-state index contributed by atoms with van der Waals surface area (Å²) >= 11 is 0. The van der Waals surface area contributed by atoms with Gasteiger partial charge in [-0.05, 0) is 44.2 Å². The van der Waals surface area contributed by atoms with Crippen molar-refractivity contribution in [2.45, 2.75) is 51.8 Å². The second-order valence-electron chi connectivity index (χ2n) is 9.81. The van der Waals surface area contributed by atoms with Gasteiger partial charge >= 0.3 is 5.97 Å². The highest BCUT2D eigenvalue weighted by atomic mass is 16.5. The number of anilines is 2. The normalized spacial score (nSPS) is 15.0. The van der Waals surface area contributed by atoms with Crippen LogP contribution in [0.3, 0.4) is 0 Å². The number of esters is 1. The molecule has 10 heteroatoms. The van der Waals surface area contributed by atoms with Crippen molar-refractivity contribution in [3.05, 3.63) is 71.3 Å². The molecule has 39 heavy (non-hydrogen) atoms. The van der Waals surface area contributed by atoms with Gasteiger partial charge in [-0.1, -0.05) is 30.3 Å². The molecule has 2 N–H and O–H groups in total. The van der Waals surface area contributed by atoms with Crippen LogP contribution >= 0.6 is 0 Å². The number of benzene rings is 1. The number of methoxy groups -OCH3 is 1. The van der Waals surface area contributed by atoms with E-state index in [4.69, 9.17) is 14.5 Å². The molecule has 1 aliphatic heterocycles. The summed E-state index contributed by atoms with van der Waals surface area (Å²) in [6, 6.07) is 12.1. The lowest BCUT2D eigenvalue weighted by Crippen LogP contribution is -2.28. The number of carbonyl (C=O) groups excluding carboxylic acids is 2. The lowest BCUT2D eigenvalue weighted by molar-refractivity contribution is -0.124. The summed E-state index contributed by atoms with van der Waals surface area (Å²) in [6.07, 6.45) is 6.25. The molecule has 1 fully saturated rings. The van der Waals surface area contributed by atoms with Crippen molar-refractivity contribution in [2.75, 3.05) is 24.4 Å². The smallest absolute Gasteiger partial charge is 0.356 e. The first kappa shape index (κ1) is 26.4. The number of nitrogens with one attached hydrogen (secondary N) is 2. The van der Waals surface area contributed by atoms with E-state index in [9.17, 15) is 9.59 Å². The van der Waals surface area contributed by atoms with Crippen molar-refractivity contribution < 1.29 is 19.1 Å². The zero-order valence-electron chi connectivity index (χ0n) is 22.6. The number of hydrogen-bond acceptors (Lipinski definition) is 7. The van der Waals surface area contributed by atoms with Gasteiger partial charge in [-0.3, -0.25) is 9.48 Å². The van der Waals surface area contributed by atoms with E-state index >= 15 is 0 Å². The zero-order valence-corrected chi connectivity index (χ0v) is 22.6. The second-order valence-corrected chi connectivity index (χ2v) is 9.81. The maximum atomic E-state index is 13.1. The third-order valence-electron chi connectivity index (χ3n) is 7.04. The van der Waals surface area contributed by atoms with Crippen LogP contribution in [-0.4, -0.2) is 51.0 Å². The molecule has 0 radical (unpaired) electrons. The van der Waals surface area contributed by atoms with Crippen LogP contribution in [0, 0.1) is 6.92 Å². The summed E-state index contributed by atoms with van der Waals surface area (Å²) in [7, 11) is 3.23. The molecule has 1 unspecified atom stereocenters. The summed E-state index contributed by atoms with van der Waals surface area (Å²) in [5.74, 6) is -0.804. The Kier molecular flexibility index (Phi) is 7.92. The van der Waals surface area contributed by atoms with Crippen LogP contribution in [-0.2, 0) is 40.8 Å². The molecular formula is C29H34N6O4. The lowest BCUT2D eigenvalue weighted by atomic mass is 10.1. The summed E-state index contributed by atoms with van der Waals surface area (Å²) in [5.41, 5.74) is 5.26. The maximum Gasteiger partial charge on any atom is 0.356 e. The average Bonchev–Trinajstić information content (AvgIpc) is 3.66. The Morgan fingerprint density at radius 2 is 2.05 bits per heavy atom. The van der Waals surface area contributed by atoms with E-state index in [1.54, 1.807) is 10.9 Å². The molecule has 1 aliphatic rings. The molecule has 1 amide bonds. The van der Waals surface area contributed by atoms with E-state index in [0.29, 0.717) is 42.8 Å². The van der Waals surface area contributed by atoms with Gasteiger partial charge in [-0.25, -0.2) is 9.78 Å². The van der Waals surface area contributed by atoms with Crippen LogP contribution in [0.25, 0.3) is 11.0 Å². The quantitative estimate of drug-likeness (QED) is 0.295. The molecule has 0 bridgehead atoms. The van der Waals surface area contributed by atoms with Gasteiger partial charge in [0.2, 0.25) is 0 Å². The van der Waals surface area contributed by atoms with Gasteiger partial charge in [-0.15, -0.1) is 0 Å². The Hall–Kier alpha value is -4.18. The van der Waals surface area contributed by atoms with Gasteiger partial charge in [-0.2, -0.15) is 5.10 Å². The van der Waals surface area contributed by atoms with E-state index in [1.807, 2.05) is 49.0 Å². The van der Waals surface area contributed by atoms with E-state index < -0.39 is 12.1 Å². The Labute approximate surface area is 227 Å². The number of fused-ring (bicyclic) bond motifs is 1. The molecule has 1 aromatic carbocycles. The fourth-order valence-corrected chi connectivity index (χ4v) is 5.07. The number of nitrogens with zero attached hydrogens (tertiary/aromatic N) is 4.